The molecule has 3 rings (SSSR count). The maximum absolute atomic E-state index is 12.9. The monoisotopic (exact) mass is 372 g/mol. The van der Waals surface area contributed by atoms with E-state index in [2.05, 4.69) is 14.9 Å². The summed E-state index contributed by atoms with van der Waals surface area (Å²) in [7, 11) is -3.78. The predicted molar refractivity (Wildman–Crippen MR) is 87.3 cm³/mol. The number of hydrogen-bond donors (Lipinski definition) is 2. The molecule has 1 aliphatic rings. The SMILES string of the molecule is CS(=O)(=O)Nc1cc(C(F)(F)F)ccc1-c1cc(C2CC2)c(N)nn1. The molecule has 1 saturated carbocycles. The normalized spacial score (nSPS) is 15.2. The van der Waals surface area contributed by atoms with Crippen molar-refractivity contribution in [1.82, 2.24) is 10.2 Å². The maximum atomic E-state index is 12.9. The third kappa shape index (κ3) is 4.01. The van der Waals surface area contributed by atoms with E-state index in [1.165, 1.54) is 6.07 Å². The van der Waals surface area contributed by atoms with Crippen LogP contribution in [0.2, 0.25) is 0 Å². The quantitative estimate of drug-likeness (QED) is 0.860. The van der Waals surface area contributed by atoms with Gasteiger partial charge < -0.3 is 5.73 Å². The summed E-state index contributed by atoms with van der Waals surface area (Å²) in [5.74, 6) is 0.533. The van der Waals surface area contributed by atoms with Gasteiger partial charge in [0.15, 0.2) is 0 Å². The standard InChI is InChI=1S/C15H15F3N4O2S/c1-25(23,24)22-13-6-9(15(16,17)18)4-5-10(13)12-7-11(8-2-3-8)14(19)21-20-12/h4-8,22H,2-3H2,1H3,(H2,19,21). The molecule has 0 atom stereocenters. The molecular weight excluding hydrogens is 357 g/mol. The van der Waals surface area contributed by atoms with Crippen molar-refractivity contribution in [2.45, 2.75) is 24.9 Å². The molecular formula is C15H15F3N4O2S. The average Bonchev–Trinajstić information content (AvgIpc) is 3.30. The molecule has 3 N–H and O–H groups in total. The molecule has 1 fully saturated rings. The highest BCUT2D eigenvalue weighted by atomic mass is 32.2. The van der Waals surface area contributed by atoms with Crippen LogP contribution in [-0.4, -0.2) is 24.9 Å². The van der Waals surface area contributed by atoms with Crippen LogP contribution in [0.3, 0.4) is 0 Å². The van der Waals surface area contributed by atoms with Gasteiger partial charge in [0, 0.05) is 11.1 Å². The first-order valence-corrected chi connectivity index (χ1v) is 9.26. The van der Waals surface area contributed by atoms with Gasteiger partial charge in [-0.3, -0.25) is 4.72 Å². The summed E-state index contributed by atoms with van der Waals surface area (Å²) in [5.41, 5.74) is 5.86. The molecule has 1 aromatic carbocycles. The van der Waals surface area contributed by atoms with Gasteiger partial charge in [-0.15, -0.1) is 10.2 Å². The van der Waals surface area contributed by atoms with E-state index >= 15 is 0 Å². The Hall–Kier alpha value is -2.36. The van der Waals surface area contributed by atoms with Crippen molar-refractivity contribution < 1.29 is 21.6 Å². The fourth-order valence-electron chi connectivity index (χ4n) is 2.50. The first kappa shape index (κ1) is 17.5. The van der Waals surface area contributed by atoms with Gasteiger partial charge in [-0.05, 0) is 37.0 Å². The fraction of sp³-hybridized carbons (Fsp3) is 0.333. The molecule has 0 aliphatic heterocycles. The van der Waals surface area contributed by atoms with E-state index in [0.717, 1.165) is 36.8 Å². The van der Waals surface area contributed by atoms with Gasteiger partial charge >= 0.3 is 6.18 Å². The minimum Gasteiger partial charge on any atom is -0.382 e. The predicted octanol–water partition coefficient (Wildman–Crippen LogP) is 2.99. The Morgan fingerprint density at radius 2 is 1.88 bits per heavy atom. The van der Waals surface area contributed by atoms with E-state index < -0.39 is 21.8 Å². The molecule has 1 aromatic heterocycles. The van der Waals surface area contributed by atoms with Crippen molar-refractivity contribution in [1.29, 1.82) is 0 Å². The maximum Gasteiger partial charge on any atom is 0.416 e. The zero-order chi connectivity index (χ0) is 18.4. The zero-order valence-corrected chi connectivity index (χ0v) is 13.9. The second-order valence-electron chi connectivity index (χ2n) is 5.98. The molecule has 1 aliphatic carbocycles. The summed E-state index contributed by atoms with van der Waals surface area (Å²) >= 11 is 0. The van der Waals surface area contributed by atoms with Gasteiger partial charge in [0.25, 0.3) is 0 Å². The van der Waals surface area contributed by atoms with Crippen molar-refractivity contribution in [3.8, 4) is 11.3 Å². The van der Waals surface area contributed by atoms with Crippen molar-refractivity contribution >= 4 is 21.5 Å². The molecule has 0 amide bonds. The third-order valence-electron chi connectivity index (χ3n) is 3.79. The molecule has 2 aromatic rings. The van der Waals surface area contributed by atoms with Crippen LogP contribution in [0.4, 0.5) is 24.7 Å². The Kier molecular flexibility index (Phi) is 4.10. The second kappa shape index (κ2) is 5.87. The number of alkyl halides is 3. The van der Waals surface area contributed by atoms with Crippen LogP contribution in [-0.2, 0) is 16.2 Å². The first-order valence-electron chi connectivity index (χ1n) is 7.37. The smallest absolute Gasteiger partial charge is 0.382 e. The van der Waals surface area contributed by atoms with Crippen molar-refractivity contribution in [3.63, 3.8) is 0 Å². The lowest BCUT2D eigenvalue weighted by Crippen LogP contribution is -2.13. The Bertz CT molecular complexity index is 925. The van der Waals surface area contributed by atoms with Gasteiger partial charge in [-0.25, -0.2) is 8.42 Å². The van der Waals surface area contributed by atoms with Gasteiger partial charge in [0.2, 0.25) is 10.0 Å². The highest BCUT2D eigenvalue weighted by molar-refractivity contribution is 7.92. The van der Waals surface area contributed by atoms with E-state index in [0.29, 0.717) is 0 Å². The minimum absolute atomic E-state index is 0.202. The van der Waals surface area contributed by atoms with Crippen LogP contribution in [0, 0.1) is 0 Å². The minimum atomic E-state index is -4.60. The number of rotatable bonds is 4. The lowest BCUT2D eigenvalue weighted by Gasteiger charge is -2.14. The van der Waals surface area contributed by atoms with Crippen LogP contribution in [0.1, 0.15) is 29.9 Å². The van der Waals surface area contributed by atoms with Crippen LogP contribution in [0.5, 0.6) is 0 Å². The average molecular weight is 372 g/mol. The lowest BCUT2D eigenvalue weighted by atomic mass is 10.0. The van der Waals surface area contributed by atoms with Gasteiger partial charge in [0.05, 0.1) is 23.2 Å². The largest absolute Gasteiger partial charge is 0.416 e. The number of nitrogens with two attached hydrogens (primary N) is 1. The van der Waals surface area contributed by atoms with Crippen molar-refractivity contribution in [2.75, 3.05) is 16.7 Å². The molecule has 0 saturated heterocycles. The number of aromatic nitrogens is 2. The number of nitrogens with one attached hydrogen (secondary N) is 1. The summed E-state index contributed by atoms with van der Waals surface area (Å²) in [4.78, 5) is 0. The Morgan fingerprint density at radius 3 is 2.44 bits per heavy atom. The number of hydrogen-bond acceptors (Lipinski definition) is 5. The van der Waals surface area contributed by atoms with Gasteiger partial charge in [0.1, 0.15) is 5.82 Å². The van der Waals surface area contributed by atoms with Crippen LogP contribution < -0.4 is 10.5 Å². The highest BCUT2D eigenvalue weighted by Gasteiger charge is 2.32. The van der Waals surface area contributed by atoms with Crippen LogP contribution in [0.25, 0.3) is 11.3 Å². The molecule has 10 heteroatoms. The van der Waals surface area contributed by atoms with Gasteiger partial charge in [-0.2, -0.15) is 13.2 Å². The number of sulfonamides is 1. The van der Waals surface area contributed by atoms with E-state index in [-0.39, 0.29) is 28.7 Å². The molecule has 0 unspecified atom stereocenters. The van der Waals surface area contributed by atoms with E-state index in [4.69, 9.17) is 5.73 Å². The number of anilines is 2. The fourth-order valence-corrected chi connectivity index (χ4v) is 3.06. The van der Waals surface area contributed by atoms with E-state index in [1.54, 1.807) is 6.07 Å². The van der Waals surface area contributed by atoms with Crippen molar-refractivity contribution in [3.05, 3.63) is 35.4 Å². The Balaban J connectivity index is 2.13. The number of halogens is 3. The molecule has 134 valence electrons. The lowest BCUT2D eigenvalue weighted by molar-refractivity contribution is -0.137. The number of nitrogen functional groups attached to an aromatic ring is 1. The zero-order valence-electron chi connectivity index (χ0n) is 13.1. The third-order valence-corrected chi connectivity index (χ3v) is 4.38. The second-order valence-corrected chi connectivity index (χ2v) is 7.73. The molecule has 0 radical (unpaired) electrons. The Morgan fingerprint density at radius 1 is 1.20 bits per heavy atom. The topological polar surface area (TPSA) is 98.0 Å². The summed E-state index contributed by atoms with van der Waals surface area (Å²) in [6, 6.07) is 4.44. The summed E-state index contributed by atoms with van der Waals surface area (Å²) in [6.07, 6.45) is -1.83. The summed E-state index contributed by atoms with van der Waals surface area (Å²) in [5, 5.41) is 7.76. The van der Waals surface area contributed by atoms with E-state index in [9.17, 15) is 21.6 Å². The Labute approximate surface area is 142 Å². The molecule has 0 spiro atoms. The van der Waals surface area contributed by atoms with Crippen LogP contribution in [0.15, 0.2) is 24.3 Å². The van der Waals surface area contributed by atoms with Gasteiger partial charge in [-0.1, -0.05) is 6.07 Å². The number of benzene rings is 1. The molecule has 25 heavy (non-hydrogen) atoms. The van der Waals surface area contributed by atoms with E-state index in [1.807, 2.05) is 0 Å². The first-order chi connectivity index (χ1) is 11.5. The molecule has 6 nitrogen and oxygen atoms in total. The molecule has 1 heterocycles. The number of nitrogens with zero attached hydrogens (tertiary/aromatic N) is 2. The highest BCUT2D eigenvalue weighted by Crippen LogP contribution is 2.43. The van der Waals surface area contributed by atoms with Crippen molar-refractivity contribution in [2.24, 2.45) is 0 Å². The summed E-state index contributed by atoms with van der Waals surface area (Å²) in [6.45, 7) is 0. The van der Waals surface area contributed by atoms with Crippen LogP contribution >= 0.6 is 0 Å². The molecule has 0 bridgehead atoms. The summed E-state index contributed by atoms with van der Waals surface area (Å²) < 4.78 is 64.0.